The van der Waals surface area contributed by atoms with Crippen LogP contribution in [0.3, 0.4) is 0 Å². The Morgan fingerprint density at radius 2 is 2.21 bits per heavy atom. The second-order valence-electron chi connectivity index (χ2n) is 4.03. The van der Waals surface area contributed by atoms with Crippen LogP contribution in [-0.4, -0.2) is 34.0 Å². The molecular weight excluding hydrogens is 280 g/mol. The molecule has 0 aliphatic carbocycles. The van der Waals surface area contributed by atoms with Crippen molar-refractivity contribution in [1.82, 2.24) is 10.2 Å². The van der Waals surface area contributed by atoms with Gasteiger partial charge in [-0.1, -0.05) is 24.0 Å². The van der Waals surface area contributed by atoms with Crippen molar-refractivity contribution in [2.75, 3.05) is 18.8 Å². The van der Waals surface area contributed by atoms with Gasteiger partial charge in [0.1, 0.15) is 10.1 Å². The van der Waals surface area contributed by atoms with Gasteiger partial charge in [-0.15, -0.1) is 0 Å². The van der Waals surface area contributed by atoms with Crippen molar-refractivity contribution < 1.29 is 9.21 Å². The third-order valence-corrected chi connectivity index (χ3v) is 4.22. The van der Waals surface area contributed by atoms with Gasteiger partial charge in [0.05, 0.1) is 18.1 Å². The fourth-order valence-electron chi connectivity index (χ4n) is 1.59. The molecule has 0 aliphatic heterocycles. The highest BCUT2D eigenvalue weighted by molar-refractivity contribution is 8.23. The van der Waals surface area contributed by atoms with E-state index < -0.39 is 0 Å². The summed E-state index contributed by atoms with van der Waals surface area (Å²) in [4.78, 5) is 13.9. The monoisotopic (exact) mass is 300 g/mol. The lowest BCUT2D eigenvalue weighted by Crippen LogP contribution is -2.31. The third kappa shape index (κ3) is 5.24. The Morgan fingerprint density at radius 3 is 2.74 bits per heavy atom. The van der Waals surface area contributed by atoms with Crippen molar-refractivity contribution in [1.29, 1.82) is 0 Å². The number of carbonyl (C=O) groups excluding carboxylic acids is 1. The van der Waals surface area contributed by atoms with Crippen LogP contribution in [0.2, 0.25) is 0 Å². The predicted molar refractivity (Wildman–Crippen MR) is 83.2 cm³/mol. The lowest BCUT2D eigenvalue weighted by Gasteiger charge is -2.20. The van der Waals surface area contributed by atoms with Crippen molar-refractivity contribution in [2.45, 2.75) is 26.8 Å². The highest BCUT2D eigenvalue weighted by Gasteiger charge is 2.13. The molecule has 0 unspecified atom stereocenters. The average molecular weight is 300 g/mol. The van der Waals surface area contributed by atoms with Crippen LogP contribution in [0.15, 0.2) is 22.8 Å². The molecule has 1 atom stereocenters. The minimum Gasteiger partial charge on any atom is -0.467 e. The van der Waals surface area contributed by atoms with Crippen molar-refractivity contribution in [2.24, 2.45) is 0 Å². The van der Waals surface area contributed by atoms with Crippen LogP contribution in [0, 0.1) is 0 Å². The van der Waals surface area contributed by atoms with E-state index in [1.807, 2.05) is 19.1 Å². The number of furan rings is 1. The fourth-order valence-corrected chi connectivity index (χ4v) is 2.81. The van der Waals surface area contributed by atoms with Crippen LogP contribution in [-0.2, 0) is 4.79 Å². The molecule has 1 aromatic heterocycles. The molecule has 19 heavy (non-hydrogen) atoms. The zero-order valence-corrected chi connectivity index (χ0v) is 13.1. The number of nitrogens with zero attached hydrogens (tertiary/aromatic N) is 1. The van der Waals surface area contributed by atoms with E-state index >= 15 is 0 Å². The Bertz CT molecular complexity index is 403. The Kier molecular flexibility index (Phi) is 6.94. The second-order valence-corrected chi connectivity index (χ2v) is 5.64. The van der Waals surface area contributed by atoms with Crippen molar-refractivity contribution in [3.8, 4) is 0 Å². The first kappa shape index (κ1) is 16.0. The molecule has 0 aliphatic rings. The van der Waals surface area contributed by atoms with Gasteiger partial charge in [0.25, 0.3) is 0 Å². The summed E-state index contributed by atoms with van der Waals surface area (Å²) >= 11 is 6.67. The van der Waals surface area contributed by atoms with E-state index in [1.54, 1.807) is 6.26 Å². The van der Waals surface area contributed by atoms with Crippen LogP contribution in [0.4, 0.5) is 0 Å². The minimum absolute atomic E-state index is 0.0385. The van der Waals surface area contributed by atoms with Gasteiger partial charge < -0.3 is 14.6 Å². The summed E-state index contributed by atoms with van der Waals surface area (Å²) in [5.74, 6) is 1.05. The zero-order valence-electron chi connectivity index (χ0n) is 11.5. The molecule has 0 aromatic carbocycles. The van der Waals surface area contributed by atoms with Crippen LogP contribution in [0.25, 0.3) is 0 Å². The first-order chi connectivity index (χ1) is 9.08. The van der Waals surface area contributed by atoms with Crippen LogP contribution < -0.4 is 5.32 Å². The van der Waals surface area contributed by atoms with Crippen molar-refractivity contribution in [3.63, 3.8) is 0 Å². The van der Waals surface area contributed by atoms with Crippen molar-refractivity contribution >= 4 is 34.2 Å². The maximum atomic E-state index is 11.8. The van der Waals surface area contributed by atoms with Crippen LogP contribution >= 0.6 is 24.0 Å². The van der Waals surface area contributed by atoms with Gasteiger partial charge in [0.15, 0.2) is 0 Å². The zero-order chi connectivity index (χ0) is 14.3. The lowest BCUT2D eigenvalue weighted by molar-refractivity contribution is -0.119. The fraction of sp³-hybridized carbons (Fsp3) is 0.538. The second kappa shape index (κ2) is 8.22. The summed E-state index contributed by atoms with van der Waals surface area (Å²) in [6.45, 7) is 7.73. The first-order valence-electron chi connectivity index (χ1n) is 6.32. The Hall–Kier alpha value is -1.01. The summed E-state index contributed by atoms with van der Waals surface area (Å²) in [6, 6.07) is 3.53. The van der Waals surface area contributed by atoms with Gasteiger partial charge in [0, 0.05) is 13.1 Å². The summed E-state index contributed by atoms with van der Waals surface area (Å²) in [7, 11) is 0. The van der Waals surface area contributed by atoms with E-state index in [0.717, 1.165) is 23.2 Å². The molecule has 106 valence electrons. The van der Waals surface area contributed by atoms with E-state index in [-0.39, 0.29) is 11.9 Å². The molecule has 0 saturated carbocycles. The molecule has 1 amide bonds. The van der Waals surface area contributed by atoms with Gasteiger partial charge >= 0.3 is 0 Å². The molecule has 1 heterocycles. The van der Waals surface area contributed by atoms with E-state index in [4.69, 9.17) is 16.6 Å². The van der Waals surface area contributed by atoms with Crippen LogP contribution in [0.1, 0.15) is 32.6 Å². The summed E-state index contributed by atoms with van der Waals surface area (Å²) < 4.78 is 6.01. The van der Waals surface area contributed by atoms with E-state index in [1.165, 1.54) is 11.8 Å². The van der Waals surface area contributed by atoms with Crippen LogP contribution in [0.5, 0.6) is 0 Å². The number of thiocarbonyl (C=S) groups is 1. The highest BCUT2D eigenvalue weighted by Crippen LogP contribution is 2.13. The summed E-state index contributed by atoms with van der Waals surface area (Å²) in [5.41, 5.74) is 0. The minimum atomic E-state index is -0.120. The molecule has 0 bridgehead atoms. The number of hydrogen-bond donors (Lipinski definition) is 1. The SMILES string of the molecule is CCN(CC)C(=S)SCC(=O)N[C@@H](C)c1ccco1. The third-order valence-electron chi connectivity index (χ3n) is 2.70. The van der Waals surface area contributed by atoms with Gasteiger partial charge in [-0.25, -0.2) is 0 Å². The van der Waals surface area contributed by atoms with E-state index in [9.17, 15) is 4.79 Å². The number of thioether (sulfide) groups is 1. The maximum absolute atomic E-state index is 11.8. The Labute approximate surface area is 123 Å². The smallest absolute Gasteiger partial charge is 0.231 e. The quantitative estimate of drug-likeness (QED) is 0.819. The molecule has 1 aromatic rings. The first-order valence-corrected chi connectivity index (χ1v) is 7.72. The number of carbonyl (C=O) groups is 1. The van der Waals surface area contributed by atoms with Gasteiger partial charge in [-0.2, -0.15) is 0 Å². The number of hydrogen-bond acceptors (Lipinski definition) is 4. The average Bonchev–Trinajstić information content (AvgIpc) is 2.91. The standard InChI is InChI=1S/C13H20N2O2S2/c1-4-15(5-2)13(18)19-9-12(16)14-10(3)11-7-6-8-17-11/h6-8,10H,4-5,9H2,1-3H3,(H,14,16)/t10-/m0/s1. The Balaban J connectivity index is 2.34. The number of rotatable bonds is 6. The topological polar surface area (TPSA) is 45.5 Å². The predicted octanol–water partition coefficient (Wildman–Crippen LogP) is 2.82. The Morgan fingerprint density at radius 1 is 1.53 bits per heavy atom. The lowest BCUT2D eigenvalue weighted by atomic mass is 10.2. The summed E-state index contributed by atoms with van der Waals surface area (Å²) in [6.07, 6.45) is 1.60. The highest BCUT2D eigenvalue weighted by atomic mass is 32.2. The molecule has 0 radical (unpaired) electrons. The number of amides is 1. The largest absolute Gasteiger partial charge is 0.467 e. The maximum Gasteiger partial charge on any atom is 0.231 e. The molecular formula is C13H20N2O2S2. The molecule has 1 N–H and O–H groups in total. The molecule has 0 spiro atoms. The molecule has 0 saturated heterocycles. The van der Waals surface area contributed by atoms with E-state index in [2.05, 4.69) is 24.1 Å². The van der Waals surface area contributed by atoms with Gasteiger partial charge in [-0.3, -0.25) is 4.79 Å². The van der Waals surface area contributed by atoms with Crippen molar-refractivity contribution in [3.05, 3.63) is 24.2 Å². The molecule has 0 fully saturated rings. The summed E-state index contributed by atoms with van der Waals surface area (Å²) in [5, 5.41) is 2.88. The van der Waals surface area contributed by atoms with E-state index in [0.29, 0.717) is 5.75 Å². The number of nitrogens with one attached hydrogen (secondary N) is 1. The molecule has 4 nitrogen and oxygen atoms in total. The van der Waals surface area contributed by atoms with Gasteiger partial charge in [-0.05, 0) is 32.9 Å². The van der Waals surface area contributed by atoms with Gasteiger partial charge in [0.2, 0.25) is 5.91 Å². The normalized spacial score (nSPS) is 11.9. The molecule has 6 heteroatoms. The molecule has 1 rings (SSSR count).